The third-order valence-electron chi connectivity index (χ3n) is 5.01. The largest absolute Gasteiger partial charge is 0.416 e. The van der Waals surface area contributed by atoms with E-state index in [9.17, 15) is 23.1 Å². The first kappa shape index (κ1) is 16.3. The van der Waals surface area contributed by atoms with Crippen molar-refractivity contribution in [2.45, 2.75) is 43.8 Å². The predicted octanol–water partition coefficient (Wildman–Crippen LogP) is 3.09. The predicted molar refractivity (Wildman–Crippen MR) is 78.6 cm³/mol. The third-order valence-corrected chi connectivity index (χ3v) is 5.01. The second-order valence-electron chi connectivity index (χ2n) is 6.87. The number of alkyl halides is 3. The van der Waals surface area contributed by atoms with E-state index in [1.54, 1.807) is 13.0 Å². The Labute approximate surface area is 132 Å². The minimum Gasteiger partial charge on any atom is -0.394 e. The van der Waals surface area contributed by atoms with E-state index in [4.69, 9.17) is 0 Å². The van der Waals surface area contributed by atoms with Crippen molar-refractivity contribution in [2.24, 2.45) is 11.8 Å². The number of carbonyl (C=O) groups excluding carboxylic acids is 1. The van der Waals surface area contributed by atoms with Gasteiger partial charge in [0.2, 0.25) is 5.91 Å². The fourth-order valence-corrected chi connectivity index (χ4v) is 3.27. The summed E-state index contributed by atoms with van der Waals surface area (Å²) in [6.45, 7) is 1.64. The van der Waals surface area contributed by atoms with Crippen molar-refractivity contribution in [3.63, 3.8) is 0 Å². The van der Waals surface area contributed by atoms with Gasteiger partial charge in [-0.25, -0.2) is 0 Å². The van der Waals surface area contributed by atoms with E-state index in [2.05, 4.69) is 5.32 Å². The van der Waals surface area contributed by atoms with Gasteiger partial charge in [0.25, 0.3) is 0 Å². The molecule has 2 aliphatic carbocycles. The quantitative estimate of drug-likeness (QED) is 0.873. The van der Waals surface area contributed by atoms with Crippen molar-refractivity contribution in [3.8, 4) is 0 Å². The Morgan fingerprint density at radius 3 is 2.52 bits per heavy atom. The summed E-state index contributed by atoms with van der Waals surface area (Å²) < 4.78 is 39.2. The lowest BCUT2D eigenvalue weighted by molar-refractivity contribution is -0.138. The molecule has 1 aromatic rings. The van der Waals surface area contributed by atoms with Crippen LogP contribution in [0.2, 0.25) is 0 Å². The minimum atomic E-state index is -4.41. The van der Waals surface area contributed by atoms with Crippen molar-refractivity contribution >= 4 is 5.91 Å². The lowest BCUT2D eigenvalue weighted by Gasteiger charge is -2.29. The Hall–Kier alpha value is -1.56. The van der Waals surface area contributed by atoms with E-state index in [0.29, 0.717) is 6.42 Å². The zero-order valence-electron chi connectivity index (χ0n) is 12.9. The molecule has 3 rings (SSSR count). The van der Waals surface area contributed by atoms with Gasteiger partial charge in [-0.2, -0.15) is 13.2 Å². The molecule has 3 unspecified atom stereocenters. The highest BCUT2D eigenvalue weighted by Gasteiger charge is 2.50. The van der Waals surface area contributed by atoms with Gasteiger partial charge in [0, 0.05) is 5.92 Å². The number of amides is 1. The molecule has 2 saturated carbocycles. The molecule has 2 aliphatic rings. The van der Waals surface area contributed by atoms with Crippen molar-refractivity contribution in [1.29, 1.82) is 0 Å². The average molecular weight is 327 g/mol. The van der Waals surface area contributed by atoms with Crippen molar-refractivity contribution < 1.29 is 23.1 Å². The molecule has 0 bridgehead atoms. The maximum absolute atomic E-state index is 13.1. The summed E-state index contributed by atoms with van der Waals surface area (Å²) in [6.07, 6.45) is -2.07. The van der Waals surface area contributed by atoms with E-state index in [1.807, 2.05) is 0 Å². The van der Waals surface area contributed by atoms with Crippen LogP contribution < -0.4 is 5.32 Å². The smallest absolute Gasteiger partial charge is 0.394 e. The van der Waals surface area contributed by atoms with Crippen LogP contribution in [0.15, 0.2) is 24.3 Å². The van der Waals surface area contributed by atoms with E-state index < -0.39 is 29.1 Å². The summed E-state index contributed by atoms with van der Waals surface area (Å²) in [5, 5.41) is 12.4. The van der Waals surface area contributed by atoms with Crippen LogP contribution in [-0.2, 0) is 11.0 Å². The summed E-state index contributed by atoms with van der Waals surface area (Å²) in [6, 6.07) is 5.44. The highest BCUT2D eigenvalue weighted by Crippen LogP contribution is 2.51. The van der Waals surface area contributed by atoms with Crippen LogP contribution in [0.3, 0.4) is 0 Å². The first-order chi connectivity index (χ1) is 10.8. The van der Waals surface area contributed by atoms with E-state index in [-0.39, 0.29) is 24.0 Å². The summed E-state index contributed by atoms with van der Waals surface area (Å²) in [5.41, 5.74) is -1.13. The van der Waals surface area contributed by atoms with E-state index >= 15 is 0 Å². The Kier molecular flexibility index (Phi) is 3.91. The number of hydrogen-bond donors (Lipinski definition) is 2. The van der Waals surface area contributed by atoms with Gasteiger partial charge < -0.3 is 10.4 Å². The number of benzene rings is 1. The van der Waals surface area contributed by atoms with Crippen LogP contribution in [0.4, 0.5) is 13.2 Å². The van der Waals surface area contributed by atoms with Crippen molar-refractivity contribution in [2.75, 3.05) is 6.61 Å². The molecular weight excluding hydrogens is 307 g/mol. The Balaban J connectivity index is 1.71. The third kappa shape index (κ3) is 3.22. The molecule has 0 spiro atoms. The number of rotatable bonds is 5. The molecule has 0 saturated heterocycles. The SMILES string of the molecule is CC(CO)(NC(=O)C1CC1c1ccccc1C(F)(F)F)C1CC1. The van der Waals surface area contributed by atoms with Gasteiger partial charge in [0.15, 0.2) is 0 Å². The van der Waals surface area contributed by atoms with Gasteiger partial charge in [-0.05, 0) is 49.7 Å². The molecule has 2 fully saturated rings. The number of hydrogen-bond acceptors (Lipinski definition) is 2. The van der Waals surface area contributed by atoms with Gasteiger partial charge in [0.1, 0.15) is 0 Å². The fraction of sp³-hybridized carbons (Fsp3) is 0.588. The van der Waals surface area contributed by atoms with Gasteiger partial charge in [0.05, 0.1) is 17.7 Å². The van der Waals surface area contributed by atoms with Gasteiger partial charge in [-0.3, -0.25) is 4.79 Å². The molecule has 0 aliphatic heterocycles. The molecule has 0 heterocycles. The Morgan fingerprint density at radius 2 is 1.96 bits per heavy atom. The van der Waals surface area contributed by atoms with Crippen molar-refractivity contribution in [1.82, 2.24) is 5.32 Å². The molecule has 0 radical (unpaired) electrons. The molecular formula is C17H20F3NO2. The first-order valence-electron chi connectivity index (χ1n) is 7.85. The van der Waals surface area contributed by atoms with Crippen LogP contribution in [-0.4, -0.2) is 23.2 Å². The van der Waals surface area contributed by atoms with Crippen LogP contribution in [0, 0.1) is 11.8 Å². The summed E-state index contributed by atoms with van der Waals surface area (Å²) >= 11 is 0. The van der Waals surface area contributed by atoms with Gasteiger partial charge >= 0.3 is 6.18 Å². The number of carbonyl (C=O) groups is 1. The van der Waals surface area contributed by atoms with Gasteiger partial charge in [-0.15, -0.1) is 0 Å². The molecule has 23 heavy (non-hydrogen) atoms. The maximum atomic E-state index is 13.1. The van der Waals surface area contributed by atoms with Gasteiger partial charge in [-0.1, -0.05) is 18.2 Å². The molecule has 6 heteroatoms. The van der Waals surface area contributed by atoms with Crippen LogP contribution in [0.1, 0.15) is 43.2 Å². The normalized spacial score (nSPS) is 26.5. The van der Waals surface area contributed by atoms with Crippen LogP contribution >= 0.6 is 0 Å². The zero-order chi connectivity index (χ0) is 16.8. The number of halogens is 3. The molecule has 2 N–H and O–H groups in total. The fourth-order valence-electron chi connectivity index (χ4n) is 3.27. The molecule has 1 aromatic carbocycles. The van der Waals surface area contributed by atoms with E-state index in [0.717, 1.165) is 18.9 Å². The topological polar surface area (TPSA) is 49.3 Å². The lowest BCUT2D eigenvalue weighted by Crippen LogP contribution is -2.51. The molecule has 126 valence electrons. The zero-order valence-corrected chi connectivity index (χ0v) is 12.9. The molecule has 0 aromatic heterocycles. The second kappa shape index (κ2) is 5.51. The molecule has 3 nitrogen and oxygen atoms in total. The van der Waals surface area contributed by atoms with Crippen LogP contribution in [0.25, 0.3) is 0 Å². The monoisotopic (exact) mass is 327 g/mol. The minimum absolute atomic E-state index is 0.153. The standard InChI is InChI=1S/C17H20F3NO2/c1-16(9-22,10-6-7-10)21-15(23)13-8-12(13)11-4-2-3-5-14(11)17(18,19)20/h2-5,10,12-13,22H,6-9H2,1H3,(H,21,23). The highest BCUT2D eigenvalue weighted by atomic mass is 19.4. The number of nitrogens with one attached hydrogen (secondary N) is 1. The summed E-state index contributed by atoms with van der Waals surface area (Å²) in [7, 11) is 0. The first-order valence-corrected chi connectivity index (χ1v) is 7.85. The highest BCUT2D eigenvalue weighted by molar-refractivity contribution is 5.83. The Morgan fingerprint density at radius 1 is 1.30 bits per heavy atom. The maximum Gasteiger partial charge on any atom is 0.416 e. The number of aliphatic hydroxyl groups excluding tert-OH is 1. The molecule has 3 atom stereocenters. The average Bonchev–Trinajstić information content (AvgIpc) is 3.39. The van der Waals surface area contributed by atoms with Crippen LogP contribution in [0.5, 0.6) is 0 Å². The number of aliphatic hydroxyl groups is 1. The Bertz CT molecular complexity index is 612. The summed E-state index contributed by atoms with van der Waals surface area (Å²) in [5.74, 6) is -0.829. The second-order valence-corrected chi connectivity index (χ2v) is 6.87. The molecule has 1 amide bonds. The lowest BCUT2D eigenvalue weighted by atomic mass is 9.96. The van der Waals surface area contributed by atoms with Crippen molar-refractivity contribution in [3.05, 3.63) is 35.4 Å². The van der Waals surface area contributed by atoms with E-state index in [1.165, 1.54) is 12.1 Å². The summed E-state index contributed by atoms with van der Waals surface area (Å²) in [4.78, 5) is 12.4.